The van der Waals surface area contributed by atoms with Crippen molar-refractivity contribution in [1.29, 1.82) is 0 Å². The topological polar surface area (TPSA) is 25.8 Å². The van der Waals surface area contributed by atoms with Crippen molar-refractivity contribution in [3.63, 3.8) is 0 Å². The van der Waals surface area contributed by atoms with E-state index in [2.05, 4.69) is 41.2 Å². The summed E-state index contributed by atoms with van der Waals surface area (Å²) in [5, 5.41) is 0. The number of rotatable bonds is 3. The molecule has 0 bridgehead atoms. The van der Waals surface area contributed by atoms with Gasteiger partial charge >= 0.3 is 0 Å². The molecule has 0 aliphatic rings. The zero-order chi connectivity index (χ0) is 10.5. The first-order chi connectivity index (χ1) is 7.36. The lowest BCUT2D eigenvalue weighted by molar-refractivity contribution is 0.738. The van der Waals surface area contributed by atoms with Crippen LogP contribution in [-0.2, 0) is 6.42 Å². The first kappa shape index (κ1) is 9.84. The maximum atomic E-state index is 4.23. The largest absolute Gasteiger partial charge is 0.245 e. The van der Waals surface area contributed by atoms with Gasteiger partial charge in [-0.2, -0.15) is 0 Å². The Hall–Kier alpha value is -1.70. The highest BCUT2D eigenvalue weighted by Gasteiger charge is 2.06. The maximum Gasteiger partial charge on any atom is 0.115 e. The fourth-order valence-electron chi connectivity index (χ4n) is 1.65. The second-order valence-corrected chi connectivity index (χ2v) is 3.72. The Morgan fingerprint density at radius 2 is 1.93 bits per heavy atom. The van der Waals surface area contributed by atoms with Gasteiger partial charge in [0.05, 0.1) is 0 Å². The Balaban J connectivity index is 2.08. The van der Waals surface area contributed by atoms with Gasteiger partial charge in [0.15, 0.2) is 0 Å². The van der Waals surface area contributed by atoms with Crippen molar-refractivity contribution in [3.8, 4) is 0 Å². The van der Waals surface area contributed by atoms with Crippen LogP contribution in [0.2, 0.25) is 0 Å². The minimum absolute atomic E-state index is 0.501. The Kier molecular flexibility index (Phi) is 3.08. The number of hydrogen-bond donors (Lipinski definition) is 0. The zero-order valence-electron chi connectivity index (χ0n) is 8.80. The van der Waals surface area contributed by atoms with Gasteiger partial charge < -0.3 is 0 Å². The van der Waals surface area contributed by atoms with Gasteiger partial charge in [-0.25, -0.2) is 9.97 Å². The maximum absolute atomic E-state index is 4.23. The molecule has 0 spiro atoms. The SMILES string of the molecule is CC(Cc1ccncn1)c1ccccc1. The van der Waals surface area contributed by atoms with E-state index in [1.54, 1.807) is 12.5 Å². The van der Waals surface area contributed by atoms with Crippen LogP contribution >= 0.6 is 0 Å². The lowest BCUT2D eigenvalue weighted by Gasteiger charge is -2.10. The molecule has 2 heteroatoms. The fourth-order valence-corrected chi connectivity index (χ4v) is 1.65. The van der Waals surface area contributed by atoms with E-state index in [1.165, 1.54) is 5.56 Å². The lowest BCUT2D eigenvalue weighted by atomic mass is 9.96. The van der Waals surface area contributed by atoms with Gasteiger partial charge in [0, 0.05) is 11.9 Å². The highest BCUT2D eigenvalue weighted by atomic mass is 14.8. The lowest BCUT2D eigenvalue weighted by Crippen LogP contribution is -2.00. The predicted molar refractivity (Wildman–Crippen MR) is 60.6 cm³/mol. The van der Waals surface area contributed by atoms with E-state index in [4.69, 9.17) is 0 Å². The van der Waals surface area contributed by atoms with Gasteiger partial charge in [-0.3, -0.25) is 0 Å². The highest BCUT2D eigenvalue weighted by molar-refractivity contribution is 5.20. The number of aromatic nitrogens is 2. The third-order valence-corrected chi connectivity index (χ3v) is 2.53. The summed E-state index contributed by atoms with van der Waals surface area (Å²) < 4.78 is 0. The van der Waals surface area contributed by atoms with Gasteiger partial charge in [-0.05, 0) is 24.0 Å². The molecule has 0 fully saturated rings. The summed E-state index contributed by atoms with van der Waals surface area (Å²) in [6.45, 7) is 2.22. The average Bonchev–Trinajstić information content (AvgIpc) is 2.31. The summed E-state index contributed by atoms with van der Waals surface area (Å²) in [5.41, 5.74) is 2.46. The van der Waals surface area contributed by atoms with Crippen LogP contribution in [0.1, 0.15) is 24.1 Å². The molecule has 1 unspecified atom stereocenters. The van der Waals surface area contributed by atoms with Crippen molar-refractivity contribution in [2.45, 2.75) is 19.3 Å². The summed E-state index contributed by atoms with van der Waals surface area (Å²) >= 11 is 0. The van der Waals surface area contributed by atoms with E-state index >= 15 is 0 Å². The molecular formula is C13H14N2. The molecule has 1 aromatic heterocycles. The third-order valence-electron chi connectivity index (χ3n) is 2.53. The molecule has 0 saturated heterocycles. The van der Waals surface area contributed by atoms with Crippen molar-refractivity contribution in [2.75, 3.05) is 0 Å². The summed E-state index contributed by atoms with van der Waals surface area (Å²) in [6, 6.07) is 12.5. The fraction of sp³-hybridized carbons (Fsp3) is 0.231. The first-order valence-electron chi connectivity index (χ1n) is 5.16. The second-order valence-electron chi connectivity index (χ2n) is 3.72. The molecule has 0 aliphatic carbocycles. The van der Waals surface area contributed by atoms with Gasteiger partial charge in [-0.15, -0.1) is 0 Å². The molecule has 0 aliphatic heterocycles. The van der Waals surface area contributed by atoms with Crippen LogP contribution < -0.4 is 0 Å². The van der Waals surface area contributed by atoms with Crippen molar-refractivity contribution in [3.05, 3.63) is 60.2 Å². The molecule has 0 saturated carbocycles. The molecule has 1 atom stereocenters. The zero-order valence-corrected chi connectivity index (χ0v) is 8.80. The molecule has 2 rings (SSSR count). The first-order valence-corrected chi connectivity index (χ1v) is 5.16. The van der Waals surface area contributed by atoms with Gasteiger partial charge in [0.1, 0.15) is 6.33 Å². The summed E-state index contributed by atoms with van der Waals surface area (Å²) in [7, 11) is 0. The van der Waals surface area contributed by atoms with E-state index < -0.39 is 0 Å². The third kappa shape index (κ3) is 2.62. The molecule has 76 valence electrons. The monoisotopic (exact) mass is 198 g/mol. The van der Waals surface area contributed by atoms with Gasteiger partial charge in [0.2, 0.25) is 0 Å². The number of hydrogen-bond acceptors (Lipinski definition) is 2. The van der Waals surface area contributed by atoms with Crippen molar-refractivity contribution < 1.29 is 0 Å². The number of benzene rings is 1. The second kappa shape index (κ2) is 4.69. The molecule has 0 N–H and O–H groups in total. The van der Waals surface area contributed by atoms with Crippen LogP contribution in [0.4, 0.5) is 0 Å². The van der Waals surface area contributed by atoms with E-state index in [-0.39, 0.29) is 0 Å². The molecule has 1 aromatic carbocycles. The standard InChI is InChI=1S/C13H14N2/c1-11(12-5-3-2-4-6-12)9-13-7-8-14-10-15-13/h2-8,10-11H,9H2,1H3. The van der Waals surface area contributed by atoms with Crippen molar-refractivity contribution in [1.82, 2.24) is 9.97 Å². The molecular weight excluding hydrogens is 184 g/mol. The smallest absolute Gasteiger partial charge is 0.115 e. The Morgan fingerprint density at radius 3 is 2.60 bits per heavy atom. The highest BCUT2D eigenvalue weighted by Crippen LogP contribution is 2.18. The van der Waals surface area contributed by atoms with E-state index in [1.807, 2.05) is 12.1 Å². The Labute approximate surface area is 90.0 Å². The molecule has 15 heavy (non-hydrogen) atoms. The van der Waals surface area contributed by atoms with E-state index in [0.29, 0.717) is 5.92 Å². The van der Waals surface area contributed by atoms with Crippen LogP contribution in [0.5, 0.6) is 0 Å². The molecule has 0 radical (unpaired) electrons. The minimum Gasteiger partial charge on any atom is -0.245 e. The van der Waals surface area contributed by atoms with E-state index in [9.17, 15) is 0 Å². The predicted octanol–water partition coefficient (Wildman–Crippen LogP) is 2.82. The van der Waals surface area contributed by atoms with Gasteiger partial charge in [0.25, 0.3) is 0 Å². The Morgan fingerprint density at radius 1 is 1.13 bits per heavy atom. The minimum atomic E-state index is 0.501. The van der Waals surface area contributed by atoms with Crippen LogP contribution in [0.25, 0.3) is 0 Å². The van der Waals surface area contributed by atoms with Crippen LogP contribution in [-0.4, -0.2) is 9.97 Å². The normalized spacial score (nSPS) is 12.3. The van der Waals surface area contributed by atoms with Crippen LogP contribution in [0.3, 0.4) is 0 Å². The summed E-state index contributed by atoms with van der Waals surface area (Å²) in [5.74, 6) is 0.501. The average molecular weight is 198 g/mol. The molecule has 2 nitrogen and oxygen atoms in total. The summed E-state index contributed by atoms with van der Waals surface area (Å²) in [4.78, 5) is 8.15. The number of nitrogens with zero attached hydrogens (tertiary/aromatic N) is 2. The molecule has 1 heterocycles. The van der Waals surface area contributed by atoms with Crippen molar-refractivity contribution >= 4 is 0 Å². The Bertz CT molecular complexity index is 397. The summed E-state index contributed by atoms with van der Waals surface area (Å²) in [6.07, 6.45) is 4.36. The van der Waals surface area contributed by atoms with E-state index in [0.717, 1.165) is 12.1 Å². The van der Waals surface area contributed by atoms with Crippen molar-refractivity contribution in [2.24, 2.45) is 0 Å². The van der Waals surface area contributed by atoms with Crippen LogP contribution in [0, 0.1) is 0 Å². The van der Waals surface area contributed by atoms with Gasteiger partial charge in [-0.1, -0.05) is 37.3 Å². The quantitative estimate of drug-likeness (QED) is 0.757. The molecule has 2 aromatic rings. The van der Waals surface area contributed by atoms with Crippen LogP contribution in [0.15, 0.2) is 48.9 Å². The molecule has 0 amide bonds.